The van der Waals surface area contributed by atoms with E-state index in [2.05, 4.69) is 29.1 Å². The summed E-state index contributed by atoms with van der Waals surface area (Å²) < 4.78 is 0. The van der Waals surface area contributed by atoms with E-state index in [-0.39, 0.29) is 11.8 Å². The first kappa shape index (κ1) is 18.7. The predicted molar refractivity (Wildman–Crippen MR) is 107 cm³/mol. The molecule has 1 unspecified atom stereocenters. The van der Waals surface area contributed by atoms with Crippen LogP contribution in [-0.2, 0) is 0 Å². The number of fused-ring (bicyclic) bond motifs is 1. The second-order valence-electron chi connectivity index (χ2n) is 6.82. The molecule has 0 radical (unpaired) electrons. The molecule has 0 saturated carbocycles. The second kappa shape index (κ2) is 8.11. The van der Waals surface area contributed by atoms with Crippen molar-refractivity contribution in [2.75, 3.05) is 6.54 Å². The summed E-state index contributed by atoms with van der Waals surface area (Å²) in [6.07, 6.45) is 4.53. The van der Waals surface area contributed by atoms with Crippen LogP contribution in [0.3, 0.4) is 0 Å². The molecule has 4 nitrogen and oxygen atoms in total. The first-order chi connectivity index (χ1) is 12.5. The van der Waals surface area contributed by atoms with Gasteiger partial charge in [0.25, 0.3) is 5.91 Å². The molecular formula is C20H21Cl2N3O. The number of nitrogens with zero attached hydrogens (tertiary/aromatic N) is 1. The Balaban J connectivity index is 1.75. The monoisotopic (exact) mass is 389 g/mol. The molecule has 3 aromatic rings. The van der Waals surface area contributed by atoms with E-state index in [1.54, 1.807) is 18.3 Å². The molecule has 1 aromatic carbocycles. The van der Waals surface area contributed by atoms with Crippen LogP contribution in [0.5, 0.6) is 0 Å². The van der Waals surface area contributed by atoms with Crippen molar-refractivity contribution in [2.24, 2.45) is 5.92 Å². The van der Waals surface area contributed by atoms with Crippen molar-refractivity contribution in [2.45, 2.75) is 26.2 Å². The summed E-state index contributed by atoms with van der Waals surface area (Å²) in [5.74, 6) is 0.486. The normalized spacial score (nSPS) is 12.5. The molecule has 26 heavy (non-hydrogen) atoms. The highest BCUT2D eigenvalue weighted by molar-refractivity contribution is 6.38. The molecule has 1 amide bonds. The minimum atomic E-state index is -0.172. The highest BCUT2D eigenvalue weighted by atomic mass is 35.5. The number of hydrogen-bond donors (Lipinski definition) is 2. The van der Waals surface area contributed by atoms with Gasteiger partial charge in [0.15, 0.2) is 0 Å². The topological polar surface area (TPSA) is 57.8 Å². The molecule has 0 fully saturated rings. The number of pyridine rings is 1. The van der Waals surface area contributed by atoms with E-state index in [0.717, 1.165) is 22.9 Å². The summed E-state index contributed by atoms with van der Waals surface area (Å²) in [6, 6.07) is 9.23. The number of halogens is 2. The fourth-order valence-corrected chi connectivity index (χ4v) is 3.54. The summed E-state index contributed by atoms with van der Waals surface area (Å²) in [4.78, 5) is 19.9. The van der Waals surface area contributed by atoms with Gasteiger partial charge in [-0.25, -0.2) is 4.98 Å². The van der Waals surface area contributed by atoms with Crippen LogP contribution < -0.4 is 5.32 Å². The third kappa shape index (κ3) is 4.19. The van der Waals surface area contributed by atoms with Gasteiger partial charge in [0.2, 0.25) is 0 Å². The minimum absolute atomic E-state index is 0.165. The van der Waals surface area contributed by atoms with Crippen molar-refractivity contribution in [3.05, 3.63) is 64.0 Å². The first-order valence-corrected chi connectivity index (χ1v) is 9.36. The molecule has 0 aliphatic rings. The van der Waals surface area contributed by atoms with Crippen LogP contribution in [0, 0.1) is 5.92 Å². The van der Waals surface area contributed by atoms with Crippen molar-refractivity contribution in [1.82, 2.24) is 15.3 Å². The number of benzene rings is 1. The Bertz CT molecular complexity index is 903. The minimum Gasteiger partial charge on any atom is -0.361 e. The van der Waals surface area contributed by atoms with E-state index in [0.29, 0.717) is 28.2 Å². The maximum Gasteiger partial charge on any atom is 0.252 e. The van der Waals surface area contributed by atoms with E-state index < -0.39 is 0 Å². The fourth-order valence-electron chi connectivity index (χ4n) is 3.12. The summed E-state index contributed by atoms with van der Waals surface area (Å²) in [7, 11) is 0. The lowest BCUT2D eigenvalue weighted by Crippen LogP contribution is -2.29. The average Bonchev–Trinajstić information content (AvgIpc) is 3.09. The standard InChI is InChI=1S/C20H21Cl2N3O/c1-12(2)9-14(13-3-6-18(21)24-10-13)11-25-20(26)16-4-5-17-15(19(16)22)7-8-23-17/h3-8,10,12,14,23H,9,11H2,1-2H3,(H,25,26). The van der Waals surface area contributed by atoms with Gasteiger partial charge in [-0.1, -0.05) is 43.1 Å². The SMILES string of the molecule is CC(C)CC(CNC(=O)c1ccc2[nH]ccc2c1Cl)c1ccc(Cl)nc1. The largest absolute Gasteiger partial charge is 0.361 e. The highest BCUT2D eigenvalue weighted by Gasteiger charge is 2.18. The van der Waals surface area contributed by atoms with E-state index >= 15 is 0 Å². The molecule has 2 heterocycles. The molecule has 0 aliphatic carbocycles. The van der Waals surface area contributed by atoms with Crippen LogP contribution in [0.15, 0.2) is 42.7 Å². The zero-order valence-electron chi connectivity index (χ0n) is 14.7. The highest BCUT2D eigenvalue weighted by Crippen LogP contribution is 2.27. The van der Waals surface area contributed by atoms with Gasteiger partial charge < -0.3 is 10.3 Å². The quantitative estimate of drug-likeness (QED) is 0.552. The van der Waals surface area contributed by atoms with Crippen molar-refractivity contribution >= 4 is 40.0 Å². The number of aromatic amines is 1. The van der Waals surface area contributed by atoms with Crippen molar-refractivity contribution in [3.8, 4) is 0 Å². The van der Waals surface area contributed by atoms with Crippen LogP contribution in [-0.4, -0.2) is 22.4 Å². The van der Waals surface area contributed by atoms with Gasteiger partial charge in [-0.3, -0.25) is 4.79 Å². The number of nitrogens with one attached hydrogen (secondary N) is 2. The Labute approximate surface area is 162 Å². The van der Waals surface area contributed by atoms with E-state index in [1.807, 2.05) is 24.4 Å². The van der Waals surface area contributed by atoms with Gasteiger partial charge in [0.1, 0.15) is 5.15 Å². The molecule has 1 atom stereocenters. The van der Waals surface area contributed by atoms with Gasteiger partial charge in [0.05, 0.1) is 10.6 Å². The number of H-pyrrole nitrogens is 1. The van der Waals surface area contributed by atoms with Gasteiger partial charge in [-0.05, 0) is 42.2 Å². The average molecular weight is 390 g/mol. The zero-order valence-corrected chi connectivity index (χ0v) is 16.2. The molecule has 0 bridgehead atoms. The molecule has 3 rings (SSSR count). The fraction of sp³-hybridized carbons (Fsp3) is 0.300. The van der Waals surface area contributed by atoms with Gasteiger partial charge >= 0.3 is 0 Å². The Morgan fingerprint density at radius 3 is 2.69 bits per heavy atom. The van der Waals surface area contributed by atoms with Gasteiger partial charge in [-0.2, -0.15) is 0 Å². The molecule has 2 N–H and O–H groups in total. The third-order valence-corrected chi connectivity index (χ3v) is 5.03. The Morgan fingerprint density at radius 2 is 2.00 bits per heavy atom. The molecule has 6 heteroatoms. The van der Waals surface area contributed by atoms with Crippen LogP contribution in [0.25, 0.3) is 10.9 Å². The number of amides is 1. The van der Waals surface area contributed by atoms with E-state index in [9.17, 15) is 4.79 Å². The van der Waals surface area contributed by atoms with Crippen LogP contribution in [0.1, 0.15) is 42.1 Å². The molecule has 0 saturated heterocycles. The van der Waals surface area contributed by atoms with Gasteiger partial charge in [0, 0.05) is 35.8 Å². The predicted octanol–water partition coefficient (Wildman–Crippen LogP) is 5.43. The lowest BCUT2D eigenvalue weighted by atomic mass is 9.91. The Kier molecular flexibility index (Phi) is 5.84. The van der Waals surface area contributed by atoms with Crippen LogP contribution in [0.4, 0.5) is 0 Å². The van der Waals surface area contributed by atoms with Crippen LogP contribution >= 0.6 is 23.2 Å². The molecule has 136 valence electrons. The van der Waals surface area contributed by atoms with Gasteiger partial charge in [-0.15, -0.1) is 0 Å². The Morgan fingerprint density at radius 1 is 1.19 bits per heavy atom. The van der Waals surface area contributed by atoms with Crippen molar-refractivity contribution in [3.63, 3.8) is 0 Å². The van der Waals surface area contributed by atoms with Crippen LogP contribution in [0.2, 0.25) is 10.2 Å². The summed E-state index contributed by atoms with van der Waals surface area (Å²) in [5, 5.41) is 4.80. The summed E-state index contributed by atoms with van der Waals surface area (Å²) in [6.45, 7) is 4.84. The lowest BCUT2D eigenvalue weighted by Gasteiger charge is -2.20. The van der Waals surface area contributed by atoms with Crippen molar-refractivity contribution < 1.29 is 4.79 Å². The second-order valence-corrected chi connectivity index (χ2v) is 7.58. The van der Waals surface area contributed by atoms with Crippen molar-refractivity contribution in [1.29, 1.82) is 0 Å². The molecular weight excluding hydrogens is 369 g/mol. The maximum atomic E-state index is 12.7. The number of carbonyl (C=O) groups excluding carboxylic acids is 1. The summed E-state index contributed by atoms with van der Waals surface area (Å²) >= 11 is 12.3. The number of hydrogen-bond acceptors (Lipinski definition) is 2. The summed E-state index contributed by atoms with van der Waals surface area (Å²) in [5.41, 5.74) is 2.46. The smallest absolute Gasteiger partial charge is 0.252 e. The molecule has 0 aliphatic heterocycles. The van der Waals surface area contributed by atoms with E-state index in [4.69, 9.17) is 23.2 Å². The molecule has 2 aromatic heterocycles. The first-order valence-electron chi connectivity index (χ1n) is 8.61. The zero-order chi connectivity index (χ0) is 18.7. The third-order valence-electron chi connectivity index (χ3n) is 4.40. The number of aromatic nitrogens is 2. The Hall–Kier alpha value is -2.04. The van der Waals surface area contributed by atoms with E-state index in [1.165, 1.54) is 0 Å². The number of carbonyl (C=O) groups is 1. The lowest BCUT2D eigenvalue weighted by molar-refractivity contribution is 0.0950. The molecule has 0 spiro atoms. The number of rotatable bonds is 6. The maximum absolute atomic E-state index is 12.7.